The second-order valence-electron chi connectivity index (χ2n) is 3.97. The number of nitrogens with zero attached hydrogens (tertiary/aromatic N) is 1. The zero-order valence-corrected chi connectivity index (χ0v) is 11.9. The van der Waals surface area contributed by atoms with Crippen LogP contribution in [-0.4, -0.2) is 39.7 Å². The predicted octanol–water partition coefficient (Wildman–Crippen LogP) is 0.976. The highest BCUT2D eigenvalue weighted by Crippen LogP contribution is 2.25. The SMILES string of the molecule is O=C(Cc1csc(-c2ccsc2)n1)NC(CO)C(=O)O. The summed E-state index contributed by atoms with van der Waals surface area (Å²) in [6, 6.07) is 0.664. The number of thiophene rings is 1. The molecular formula is C12H12N2O4S2. The summed E-state index contributed by atoms with van der Waals surface area (Å²) in [5.74, 6) is -1.74. The molecule has 2 aromatic heterocycles. The highest BCUT2D eigenvalue weighted by Gasteiger charge is 2.19. The van der Waals surface area contributed by atoms with Gasteiger partial charge in [-0.05, 0) is 11.4 Å². The van der Waals surface area contributed by atoms with Crippen molar-refractivity contribution in [2.45, 2.75) is 12.5 Å². The molecule has 0 aliphatic rings. The minimum Gasteiger partial charge on any atom is -0.480 e. The number of aliphatic hydroxyl groups is 1. The van der Waals surface area contributed by atoms with Crippen LogP contribution in [0.25, 0.3) is 10.6 Å². The van der Waals surface area contributed by atoms with Crippen molar-refractivity contribution in [2.24, 2.45) is 0 Å². The molecule has 1 amide bonds. The topological polar surface area (TPSA) is 99.5 Å². The van der Waals surface area contributed by atoms with Gasteiger partial charge in [0.2, 0.25) is 5.91 Å². The van der Waals surface area contributed by atoms with Gasteiger partial charge >= 0.3 is 5.97 Å². The van der Waals surface area contributed by atoms with Gasteiger partial charge in [-0.25, -0.2) is 9.78 Å². The molecule has 6 nitrogen and oxygen atoms in total. The van der Waals surface area contributed by atoms with Crippen molar-refractivity contribution in [1.29, 1.82) is 0 Å². The standard InChI is InChI=1S/C12H12N2O4S2/c15-4-9(12(17)18)14-10(16)3-8-6-20-11(13-8)7-1-2-19-5-7/h1-2,5-6,9,15H,3-4H2,(H,14,16)(H,17,18). The molecule has 0 radical (unpaired) electrons. The van der Waals surface area contributed by atoms with Gasteiger partial charge in [-0.3, -0.25) is 4.79 Å². The molecule has 2 aromatic rings. The number of amides is 1. The van der Waals surface area contributed by atoms with E-state index in [9.17, 15) is 9.59 Å². The molecule has 0 bridgehead atoms. The summed E-state index contributed by atoms with van der Waals surface area (Å²) in [5, 5.41) is 26.3. The molecule has 0 aliphatic carbocycles. The van der Waals surface area contributed by atoms with Crippen LogP contribution in [0.1, 0.15) is 5.69 Å². The van der Waals surface area contributed by atoms with E-state index in [4.69, 9.17) is 10.2 Å². The van der Waals surface area contributed by atoms with Crippen LogP contribution in [-0.2, 0) is 16.0 Å². The Labute approximate surface area is 122 Å². The number of carbonyl (C=O) groups is 2. The predicted molar refractivity (Wildman–Crippen MR) is 75.8 cm³/mol. The van der Waals surface area contributed by atoms with Gasteiger partial charge in [0, 0.05) is 16.3 Å². The second-order valence-corrected chi connectivity index (χ2v) is 5.61. The molecule has 1 unspecified atom stereocenters. The van der Waals surface area contributed by atoms with E-state index < -0.39 is 24.5 Å². The van der Waals surface area contributed by atoms with Gasteiger partial charge in [-0.1, -0.05) is 0 Å². The van der Waals surface area contributed by atoms with E-state index in [2.05, 4.69) is 10.3 Å². The Morgan fingerprint density at radius 2 is 2.20 bits per heavy atom. The van der Waals surface area contributed by atoms with Crippen molar-refractivity contribution < 1.29 is 19.8 Å². The van der Waals surface area contributed by atoms with Crippen molar-refractivity contribution in [3.63, 3.8) is 0 Å². The van der Waals surface area contributed by atoms with Gasteiger partial charge in [0.05, 0.1) is 18.7 Å². The van der Waals surface area contributed by atoms with Crippen molar-refractivity contribution in [2.75, 3.05) is 6.61 Å². The first kappa shape index (κ1) is 14.6. The molecule has 3 N–H and O–H groups in total. The van der Waals surface area contributed by atoms with Crippen LogP contribution in [0, 0.1) is 0 Å². The Kier molecular flexibility index (Phi) is 4.83. The van der Waals surface area contributed by atoms with Crippen LogP contribution in [0.15, 0.2) is 22.2 Å². The second kappa shape index (κ2) is 6.60. The fourth-order valence-corrected chi connectivity index (χ4v) is 3.03. The molecule has 0 spiro atoms. The van der Waals surface area contributed by atoms with Gasteiger partial charge in [0.25, 0.3) is 0 Å². The van der Waals surface area contributed by atoms with Crippen LogP contribution in [0.4, 0.5) is 0 Å². The molecule has 0 aliphatic heterocycles. The number of aliphatic carboxylic acids is 1. The van der Waals surface area contributed by atoms with Crippen LogP contribution in [0.2, 0.25) is 0 Å². The number of aliphatic hydroxyl groups excluding tert-OH is 1. The molecule has 8 heteroatoms. The van der Waals surface area contributed by atoms with Crippen molar-refractivity contribution in [1.82, 2.24) is 10.3 Å². The molecular weight excluding hydrogens is 300 g/mol. The van der Waals surface area contributed by atoms with Crippen LogP contribution < -0.4 is 5.32 Å². The number of rotatable bonds is 6. The summed E-state index contributed by atoms with van der Waals surface area (Å²) in [6.45, 7) is -0.641. The number of hydrogen-bond donors (Lipinski definition) is 3. The first-order chi connectivity index (χ1) is 9.60. The van der Waals surface area contributed by atoms with Gasteiger partial charge in [-0.2, -0.15) is 11.3 Å². The van der Waals surface area contributed by atoms with Crippen molar-refractivity contribution in [3.8, 4) is 10.6 Å². The fourth-order valence-electron chi connectivity index (χ4n) is 1.50. The average molecular weight is 312 g/mol. The highest BCUT2D eigenvalue weighted by atomic mass is 32.1. The number of nitrogens with one attached hydrogen (secondary N) is 1. The quantitative estimate of drug-likeness (QED) is 0.738. The Hall–Kier alpha value is -1.77. The number of carboxylic acids is 1. The maximum Gasteiger partial charge on any atom is 0.328 e. The van der Waals surface area contributed by atoms with Gasteiger partial charge in [0.15, 0.2) is 0 Å². The van der Waals surface area contributed by atoms with Crippen LogP contribution in [0.3, 0.4) is 0 Å². The largest absolute Gasteiger partial charge is 0.480 e. The fraction of sp³-hybridized carbons (Fsp3) is 0.250. The highest BCUT2D eigenvalue weighted by molar-refractivity contribution is 7.14. The Balaban J connectivity index is 1.97. The lowest BCUT2D eigenvalue weighted by Crippen LogP contribution is -2.43. The normalized spacial score (nSPS) is 12.1. The molecule has 2 heterocycles. The maximum absolute atomic E-state index is 11.7. The monoisotopic (exact) mass is 312 g/mol. The van der Waals surface area contributed by atoms with E-state index in [1.807, 2.05) is 16.8 Å². The minimum atomic E-state index is -1.28. The minimum absolute atomic E-state index is 0.00951. The summed E-state index contributed by atoms with van der Waals surface area (Å²) in [4.78, 5) is 26.7. The smallest absolute Gasteiger partial charge is 0.328 e. The van der Waals surface area contributed by atoms with Crippen LogP contribution in [0.5, 0.6) is 0 Å². The molecule has 0 aromatic carbocycles. The molecule has 20 heavy (non-hydrogen) atoms. The number of aromatic nitrogens is 1. The Morgan fingerprint density at radius 3 is 2.80 bits per heavy atom. The van der Waals surface area contributed by atoms with Gasteiger partial charge < -0.3 is 15.5 Å². The van der Waals surface area contributed by atoms with Gasteiger partial charge in [-0.15, -0.1) is 11.3 Å². The maximum atomic E-state index is 11.7. The Bertz CT molecular complexity index is 594. The third-order valence-corrected chi connectivity index (χ3v) is 4.10. The van der Waals surface area contributed by atoms with E-state index in [1.165, 1.54) is 11.3 Å². The number of hydrogen-bond acceptors (Lipinski definition) is 6. The summed E-state index contributed by atoms with van der Waals surface area (Å²) < 4.78 is 0. The van der Waals surface area contributed by atoms with Crippen molar-refractivity contribution in [3.05, 3.63) is 27.9 Å². The van der Waals surface area contributed by atoms with E-state index in [1.54, 1.807) is 16.7 Å². The van der Waals surface area contributed by atoms with Gasteiger partial charge in [0.1, 0.15) is 11.0 Å². The van der Waals surface area contributed by atoms with E-state index in [-0.39, 0.29) is 6.42 Å². The first-order valence-electron chi connectivity index (χ1n) is 5.70. The summed E-state index contributed by atoms with van der Waals surface area (Å²) in [6.07, 6.45) is -0.00951. The zero-order valence-electron chi connectivity index (χ0n) is 10.3. The third kappa shape index (κ3) is 3.62. The van der Waals surface area contributed by atoms with E-state index in [0.717, 1.165) is 10.6 Å². The average Bonchev–Trinajstić information content (AvgIpc) is 3.05. The number of carboxylic acid groups (broad SMARTS) is 1. The van der Waals surface area contributed by atoms with Crippen molar-refractivity contribution >= 4 is 34.6 Å². The number of carbonyl (C=O) groups excluding carboxylic acids is 1. The molecule has 0 fully saturated rings. The lowest BCUT2D eigenvalue weighted by Gasteiger charge is -2.10. The summed E-state index contributed by atoms with van der Waals surface area (Å²) in [5.41, 5.74) is 1.58. The third-order valence-electron chi connectivity index (χ3n) is 2.48. The zero-order chi connectivity index (χ0) is 14.5. The summed E-state index contributed by atoms with van der Waals surface area (Å²) in [7, 11) is 0. The lowest BCUT2D eigenvalue weighted by molar-refractivity contribution is -0.142. The van der Waals surface area contributed by atoms with E-state index in [0.29, 0.717) is 5.69 Å². The molecule has 1 atom stereocenters. The molecule has 106 valence electrons. The summed E-state index contributed by atoms with van der Waals surface area (Å²) >= 11 is 3.00. The molecule has 2 rings (SSSR count). The van der Waals surface area contributed by atoms with E-state index >= 15 is 0 Å². The lowest BCUT2D eigenvalue weighted by atomic mass is 10.2. The van der Waals surface area contributed by atoms with Crippen LogP contribution >= 0.6 is 22.7 Å². The number of thiazole rings is 1. The Morgan fingerprint density at radius 1 is 1.40 bits per heavy atom. The molecule has 0 saturated carbocycles. The first-order valence-corrected chi connectivity index (χ1v) is 7.52. The molecule has 0 saturated heterocycles.